The number of nitrogens with one attached hydrogen (secondary N) is 1. The van der Waals surface area contributed by atoms with Gasteiger partial charge in [-0.25, -0.2) is 0 Å². The van der Waals surface area contributed by atoms with Crippen LogP contribution in [-0.4, -0.2) is 17.6 Å². The lowest BCUT2D eigenvalue weighted by Gasteiger charge is -2.19. The highest BCUT2D eigenvalue weighted by Gasteiger charge is 2.22. The number of aryl methyl sites for hydroxylation is 1. The number of rotatable bonds is 5. The summed E-state index contributed by atoms with van der Waals surface area (Å²) in [5.41, 5.74) is 4.55. The van der Waals surface area contributed by atoms with E-state index in [1.54, 1.807) is 0 Å². The first-order valence-electron chi connectivity index (χ1n) is 9.32. The molecule has 0 saturated carbocycles. The smallest absolute Gasteiger partial charge is 0.227 e. The van der Waals surface area contributed by atoms with E-state index in [-0.39, 0.29) is 11.9 Å². The Morgan fingerprint density at radius 3 is 2.96 bits per heavy atom. The quantitative estimate of drug-likeness (QED) is 0.905. The van der Waals surface area contributed by atoms with E-state index < -0.39 is 0 Å². The van der Waals surface area contributed by atoms with E-state index in [1.165, 1.54) is 24.0 Å². The highest BCUT2D eigenvalue weighted by molar-refractivity contribution is 5.95. The third kappa shape index (κ3) is 3.33. The van der Waals surface area contributed by atoms with Gasteiger partial charge in [0.2, 0.25) is 5.91 Å². The maximum atomic E-state index is 12.0. The number of hydrogen-bond acceptors (Lipinski definition) is 4. The second-order valence-corrected chi connectivity index (χ2v) is 7.08. The number of carbonyl (C=O) groups is 1. The fourth-order valence-electron chi connectivity index (χ4n) is 3.84. The number of fused-ring (bicyclic) bond motifs is 1. The van der Waals surface area contributed by atoms with Gasteiger partial charge in [-0.3, -0.25) is 4.79 Å². The van der Waals surface area contributed by atoms with Gasteiger partial charge < -0.3 is 14.7 Å². The number of nitrogens with zero attached hydrogens (tertiary/aromatic N) is 2. The van der Waals surface area contributed by atoms with Crippen LogP contribution >= 0.6 is 0 Å². The van der Waals surface area contributed by atoms with Gasteiger partial charge in [0, 0.05) is 43.2 Å². The van der Waals surface area contributed by atoms with Crippen LogP contribution in [0.1, 0.15) is 61.2 Å². The van der Waals surface area contributed by atoms with Crippen LogP contribution in [0.5, 0.6) is 0 Å². The molecule has 1 aromatic heterocycles. The standard InChI is InChI=1S/C20H25N3O2/c1-14(21-13-18-17-8-2-3-9-19(17)25-22-18)15-6-4-7-16(12-15)23-11-5-10-20(23)24/h4,6-7,12,14,21H,2-3,5,8-11,13H2,1H3/t14-/m1/s1. The molecule has 1 fully saturated rings. The lowest BCUT2D eigenvalue weighted by molar-refractivity contribution is -0.117. The van der Waals surface area contributed by atoms with E-state index in [0.717, 1.165) is 42.9 Å². The van der Waals surface area contributed by atoms with Crippen LogP contribution < -0.4 is 10.2 Å². The van der Waals surface area contributed by atoms with Gasteiger partial charge in [-0.2, -0.15) is 0 Å². The monoisotopic (exact) mass is 339 g/mol. The van der Waals surface area contributed by atoms with Gasteiger partial charge in [0.1, 0.15) is 11.5 Å². The molecule has 2 heterocycles. The Labute approximate surface area is 148 Å². The minimum absolute atomic E-state index is 0.189. The van der Waals surface area contributed by atoms with E-state index >= 15 is 0 Å². The summed E-state index contributed by atoms with van der Waals surface area (Å²) >= 11 is 0. The van der Waals surface area contributed by atoms with Crippen molar-refractivity contribution in [3.63, 3.8) is 0 Å². The van der Waals surface area contributed by atoms with Gasteiger partial charge in [-0.15, -0.1) is 0 Å². The second-order valence-electron chi connectivity index (χ2n) is 7.08. The molecule has 1 aliphatic heterocycles. The van der Waals surface area contributed by atoms with E-state index in [4.69, 9.17) is 4.52 Å². The number of hydrogen-bond donors (Lipinski definition) is 1. The van der Waals surface area contributed by atoms with Gasteiger partial charge in [0.25, 0.3) is 0 Å². The van der Waals surface area contributed by atoms with Crippen molar-refractivity contribution in [2.24, 2.45) is 0 Å². The van der Waals surface area contributed by atoms with Gasteiger partial charge in [0.05, 0.1) is 0 Å². The van der Waals surface area contributed by atoms with Crippen molar-refractivity contribution >= 4 is 11.6 Å². The molecule has 1 saturated heterocycles. The molecule has 0 unspecified atom stereocenters. The summed E-state index contributed by atoms with van der Waals surface area (Å²) in [6.07, 6.45) is 6.14. The molecule has 1 aliphatic carbocycles. The number of aromatic nitrogens is 1. The van der Waals surface area contributed by atoms with Crippen LogP contribution in [0.15, 0.2) is 28.8 Å². The molecule has 25 heavy (non-hydrogen) atoms. The average molecular weight is 339 g/mol. The van der Waals surface area contributed by atoms with E-state index in [2.05, 4.69) is 29.5 Å². The SMILES string of the molecule is C[C@@H](NCc1noc2c1CCCC2)c1cccc(N2CCCC2=O)c1. The van der Waals surface area contributed by atoms with Crippen molar-refractivity contribution in [1.29, 1.82) is 0 Å². The molecule has 1 N–H and O–H groups in total. The Bertz CT molecular complexity index is 768. The predicted octanol–water partition coefficient (Wildman–Crippen LogP) is 3.53. The van der Waals surface area contributed by atoms with Crippen molar-refractivity contribution in [1.82, 2.24) is 10.5 Å². The lowest BCUT2D eigenvalue weighted by Crippen LogP contribution is -2.24. The van der Waals surface area contributed by atoms with Crippen molar-refractivity contribution in [2.75, 3.05) is 11.4 Å². The summed E-state index contributed by atoms with van der Waals surface area (Å²) in [5.74, 6) is 1.30. The van der Waals surface area contributed by atoms with E-state index in [9.17, 15) is 4.79 Å². The highest BCUT2D eigenvalue weighted by atomic mass is 16.5. The molecule has 1 aromatic carbocycles. The first-order valence-corrected chi connectivity index (χ1v) is 9.32. The number of amides is 1. The topological polar surface area (TPSA) is 58.4 Å². The molecule has 5 heteroatoms. The number of carbonyl (C=O) groups excluding carboxylic acids is 1. The maximum absolute atomic E-state index is 12.0. The van der Waals surface area contributed by atoms with Crippen molar-refractivity contribution in [3.8, 4) is 0 Å². The summed E-state index contributed by atoms with van der Waals surface area (Å²) in [6.45, 7) is 3.69. The van der Waals surface area contributed by atoms with Crippen LogP contribution in [0.3, 0.4) is 0 Å². The Kier molecular flexibility index (Phi) is 4.57. The third-order valence-corrected chi connectivity index (χ3v) is 5.36. The minimum atomic E-state index is 0.189. The molecule has 0 spiro atoms. The lowest BCUT2D eigenvalue weighted by atomic mass is 9.96. The zero-order valence-corrected chi connectivity index (χ0v) is 14.8. The summed E-state index contributed by atoms with van der Waals surface area (Å²) < 4.78 is 5.49. The fourth-order valence-corrected chi connectivity index (χ4v) is 3.84. The molecule has 132 valence electrons. The van der Waals surface area contributed by atoms with Gasteiger partial charge in [0.15, 0.2) is 0 Å². The van der Waals surface area contributed by atoms with Gasteiger partial charge in [-0.05, 0) is 50.3 Å². The third-order valence-electron chi connectivity index (χ3n) is 5.36. The molecule has 2 aromatic rings. The molecule has 1 amide bonds. The molecule has 0 radical (unpaired) electrons. The Morgan fingerprint density at radius 2 is 2.12 bits per heavy atom. The molecule has 5 nitrogen and oxygen atoms in total. The van der Waals surface area contributed by atoms with E-state index in [1.807, 2.05) is 17.0 Å². The number of benzene rings is 1. The fraction of sp³-hybridized carbons (Fsp3) is 0.500. The van der Waals surface area contributed by atoms with Crippen molar-refractivity contribution in [2.45, 2.75) is 58.0 Å². The van der Waals surface area contributed by atoms with Gasteiger partial charge >= 0.3 is 0 Å². The molecule has 0 bridgehead atoms. The summed E-state index contributed by atoms with van der Waals surface area (Å²) in [7, 11) is 0. The zero-order valence-electron chi connectivity index (χ0n) is 14.8. The Hall–Kier alpha value is -2.14. The molecule has 1 atom stereocenters. The highest BCUT2D eigenvalue weighted by Crippen LogP contribution is 2.26. The van der Waals surface area contributed by atoms with E-state index in [0.29, 0.717) is 13.0 Å². The first kappa shape index (κ1) is 16.3. The predicted molar refractivity (Wildman–Crippen MR) is 96.4 cm³/mol. The van der Waals surface area contributed by atoms with Crippen LogP contribution in [0.2, 0.25) is 0 Å². The first-order chi connectivity index (χ1) is 12.2. The van der Waals surface area contributed by atoms with Crippen LogP contribution in [0.4, 0.5) is 5.69 Å². The van der Waals surface area contributed by atoms with Crippen LogP contribution in [-0.2, 0) is 24.2 Å². The van der Waals surface area contributed by atoms with Crippen LogP contribution in [0.25, 0.3) is 0 Å². The largest absolute Gasteiger partial charge is 0.361 e. The Morgan fingerprint density at radius 1 is 1.24 bits per heavy atom. The molecular weight excluding hydrogens is 314 g/mol. The second kappa shape index (κ2) is 7.00. The summed E-state index contributed by atoms with van der Waals surface area (Å²) in [5, 5.41) is 7.82. The normalized spacial score (nSPS) is 18.4. The summed E-state index contributed by atoms with van der Waals surface area (Å²) in [4.78, 5) is 13.9. The average Bonchev–Trinajstić information content (AvgIpc) is 3.26. The Balaban J connectivity index is 1.43. The zero-order chi connectivity index (χ0) is 17.2. The van der Waals surface area contributed by atoms with Gasteiger partial charge in [-0.1, -0.05) is 17.3 Å². The summed E-state index contributed by atoms with van der Waals surface area (Å²) in [6, 6.07) is 8.48. The number of anilines is 1. The minimum Gasteiger partial charge on any atom is -0.361 e. The molecular formula is C20H25N3O2. The van der Waals surface area contributed by atoms with Crippen LogP contribution in [0, 0.1) is 0 Å². The molecule has 2 aliphatic rings. The maximum Gasteiger partial charge on any atom is 0.227 e. The van der Waals surface area contributed by atoms with Crippen molar-refractivity contribution in [3.05, 3.63) is 46.8 Å². The molecule has 4 rings (SSSR count). The van der Waals surface area contributed by atoms with Crippen molar-refractivity contribution < 1.29 is 9.32 Å².